The number of aromatic nitrogens is 8. The number of rotatable bonds is 15. The lowest BCUT2D eigenvalue weighted by Gasteiger charge is -2.31. The first-order chi connectivity index (χ1) is 70.5. The molecule has 1 aliphatic carbocycles. The molecule has 0 fully saturated rings. The Morgan fingerprint density at radius 3 is 1.24 bits per heavy atom. The molecule has 6 aliphatic rings. The van der Waals surface area contributed by atoms with E-state index in [4.69, 9.17) is 58.0 Å². The first kappa shape index (κ1) is 99.1. The van der Waals surface area contributed by atoms with Crippen LogP contribution in [0.4, 0.5) is 28.4 Å². The van der Waals surface area contributed by atoms with Crippen molar-refractivity contribution in [2.24, 2.45) is 21.1 Å². The van der Waals surface area contributed by atoms with Gasteiger partial charge < -0.3 is 48.4 Å². The number of aromatic carboxylic acids is 5. The summed E-state index contributed by atoms with van der Waals surface area (Å²) in [6.07, 6.45) is 8.99. The van der Waals surface area contributed by atoms with Gasteiger partial charge in [0.05, 0.1) is 97.8 Å². The van der Waals surface area contributed by atoms with Crippen molar-refractivity contribution in [1.82, 2.24) is 37.8 Å². The molecule has 0 spiro atoms. The van der Waals surface area contributed by atoms with E-state index < -0.39 is 83.0 Å². The van der Waals surface area contributed by atoms with Crippen LogP contribution >= 0.6 is 80.7 Å². The number of carboxylic acid groups (broad SMARTS) is 5. The van der Waals surface area contributed by atoms with Crippen LogP contribution in [0, 0.1) is 6.92 Å². The molecule has 0 saturated heterocycles. The summed E-state index contributed by atoms with van der Waals surface area (Å²) in [6, 6.07) is 56.1. The number of halogens is 5. The van der Waals surface area contributed by atoms with Crippen LogP contribution in [0.2, 0.25) is 25.1 Å². The molecular formula is C107H76Cl5N13O20S2. The Balaban J connectivity index is 0.000000117. The quantitative estimate of drug-likeness (QED) is 0.0595. The fourth-order valence-electron chi connectivity index (χ4n) is 19.9. The molecule has 8 aromatic carbocycles. The van der Waals surface area contributed by atoms with Crippen molar-refractivity contribution in [3.05, 3.63) is 348 Å². The Kier molecular flexibility index (Phi) is 26.8. The predicted octanol–water partition coefficient (Wildman–Crippen LogP) is 20.0. The third-order valence-electron chi connectivity index (χ3n) is 26.2. The van der Waals surface area contributed by atoms with E-state index in [9.17, 15) is 97.5 Å². The zero-order valence-corrected chi connectivity index (χ0v) is 82.9. The van der Waals surface area contributed by atoms with Crippen LogP contribution < -0.4 is 24.5 Å². The molecule has 0 saturated carbocycles. The molecule has 40 heteroatoms. The van der Waals surface area contributed by atoms with Gasteiger partial charge in [0, 0.05) is 144 Å². The fourth-order valence-corrected chi connectivity index (χ4v) is 22.8. The van der Waals surface area contributed by atoms with Crippen molar-refractivity contribution >= 4 is 253 Å². The zero-order valence-electron chi connectivity index (χ0n) is 77.5. The van der Waals surface area contributed by atoms with Crippen molar-refractivity contribution < 1.29 is 97.5 Å². The van der Waals surface area contributed by atoms with Crippen LogP contribution in [-0.4, -0.2) is 152 Å². The van der Waals surface area contributed by atoms with Gasteiger partial charge in [-0.3, -0.25) is 57.9 Å². The molecule has 736 valence electrons. The van der Waals surface area contributed by atoms with E-state index in [1.54, 1.807) is 133 Å². The molecule has 5 N–H and O–H groups in total. The highest BCUT2D eigenvalue weighted by atomic mass is 35.5. The van der Waals surface area contributed by atoms with E-state index in [2.05, 4.69) is 15.0 Å². The number of carbonyl (C=O) groups is 15. The molecule has 5 aliphatic heterocycles. The lowest BCUT2D eigenvalue weighted by atomic mass is 9.86. The number of carbonyl (C=O) groups excluding carboxylic acids is 10. The van der Waals surface area contributed by atoms with Crippen LogP contribution in [0.5, 0.6) is 0 Å². The minimum atomic E-state index is -1.27. The largest absolute Gasteiger partial charge is 0.477 e. The Labute approximate surface area is 864 Å². The van der Waals surface area contributed by atoms with Crippen LogP contribution in [0.1, 0.15) is 163 Å². The van der Waals surface area contributed by atoms with Crippen molar-refractivity contribution in [3.8, 4) is 11.1 Å². The Morgan fingerprint density at radius 1 is 0.374 bits per heavy atom. The van der Waals surface area contributed by atoms with E-state index in [1.807, 2.05) is 97.9 Å². The molecule has 0 unspecified atom stereocenters. The fraction of sp³-hybridized carbons (Fsp3) is 0.140. The molecule has 17 aromatic rings. The lowest BCUT2D eigenvalue weighted by Crippen LogP contribution is -2.44. The number of imide groups is 5. The van der Waals surface area contributed by atoms with Gasteiger partial charge in [0.15, 0.2) is 34.2 Å². The third-order valence-corrected chi connectivity index (χ3v) is 29.4. The summed E-state index contributed by atoms with van der Waals surface area (Å²) in [7, 11) is 4.76. The number of amides is 10. The van der Waals surface area contributed by atoms with Crippen molar-refractivity contribution in [2.45, 2.75) is 77.8 Å². The topological polar surface area (TPSA) is 437 Å². The number of aryl methyl sites for hydroxylation is 4. The second-order valence-electron chi connectivity index (χ2n) is 34.8. The van der Waals surface area contributed by atoms with Crippen molar-refractivity contribution in [1.29, 1.82) is 0 Å². The van der Waals surface area contributed by atoms with E-state index in [-0.39, 0.29) is 119 Å². The maximum absolute atomic E-state index is 14.2. The molecule has 0 atom stereocenters. The summed E-state index contributed by atoms with van der Waals surface area (Å²) in [5.74, 6) is -11.3. The van der Waals surface area contributed by atoms with E-state index in [0.717, 1.165) is 76.5 Å². The molecule has 14 heterocycles. The lowest BCUT2D eigenvalue weighted by molar-refractivity contribution is -0.126. The maximum atomic E-state index is 14.2. The molecule has 9 aromatic heterocycles. The monoisotopic (exact) mass is 2100 g/mol. The van der Waals surface area contributed by atoms with Gasteiger partial charge >= 0.3 is 29.8 Å². The molecule has 33 nitrogen and oxygen atoms in total. The average molecular weight is 2110 g/mol. The van der Waals surface area contributed by atoms with Gasteiger partial charge in [0.1, 0.15) is 0 Å². The standard InChI is InChI=1S/C30H21ClN2O4S.C23H15ClN4O4.C19H17ClN2O4.C18H12ClN3O4.C17H11ClN2O4S/c1-17-25(19-10-6-3-7-11-19)26-23(38-17)15-24(34)33(29(26)35)27-21-14-20(31)12-13-22(21)32(28(27)30(36)37)16-18-8-4-2-5-9-18;24-14-6-7-17-15(10-14)20(21(23(31)32)27(17)12-13-4-2-1-3-5-13)28-18(29)11-16-19(22(28)30)26-9-8-25-16;1-21-14-7-6-11(20)9-13(14)16(17(21)19(25)26)22-15(23)8-10-4-2-3-5-12(10)18(22)24;1-21-13-3-2-10(19)7-12(13)15(16(21)18(25)26)22-14(23)6-9-8-20-5-4-11(9)17(22)24;1-19-11-3-2-9(18)7-10(11)13(14(19)17(23)24)20-12(21)6-8-4-5-25-15(8)16(20)22/h2-14H,15-16H2,1H3,(H,36,37);1-10H,11-12H2,(H,31,32);6-7,9H,2-5,8H2,1H3,(H,25,26);2-5,7-8H,6H2,1H3,(H,25,26);2-5,7H,6H2,1H3,(H,23,24). The summed E-state index contributed by atoms with van der Waals surface area (Å²) >= 11 is 33.5. The normalized spacial score (nSPS) is 14.4. The van der Waals surface area contributed by atoms with Crippen LogP contribution in [0.25, 0.3) is 65.6 Å². The number of nitrogens with zero attached hydrogens (tertiary/aromatic N) is 13. The highest BCUT2D eigenvalue weighted by Crippen LogP contribution is 2.49. The number of carboxylic acids is 5. The first-order valence-electron chi connectivity index (χ1n) is 45.3. The third kappa shape index (κ3) is 17.8. The number of pyridine rings is 1. The molecule has 0 radical (unpaired) electrons. The van der Waals surface area contributed by atoms with Crippen molar-refractivity contribution in [3.63, 3.8) is 0 Å². The molecule has 0 bridgehead atoms. The summed E-state index contributed by atoms with van der Waals surface area (Å²) in [5.41, 5.74) is 9.63. The van der Waals surface area contributed by atoms with E-state index >= 15 is 0 Å². The SMILES string of the molecule is Cc1sc2c(c1-c1ccccc1)C(=O)N(c1c(C(=O)O)n(Cc3ccccc3)c3ccc(Cl)cc13)C(=O)C2.Cn1c(C(=O)O)c(N2C(=O)CC3=C(CCCC3)C2=O)c2cc(Cl)ccc21.Cn1c(C(=O)O)c(N2C(=O)Cc3ccsc3C2=O)c2cc(Cl)ccc21.Cn1c(C(=O)O)c(N2C(=O)Cc3cnccc3C2=O)c2cc(Cl)ccc21.O=C(O)c1c(N2C(=O)Cc3nccnc3C2=O)c2cc(Cl)ccc2n1Cc1ccccc1. The number of anilines is 5. The first-order valence-corrected chi connectivity index (χ1v) is 48.8. The second-order valence-corrected chi connectivity index (χ2v) is 39.2. The average Bonchev–Trinajstić information content (AvgIpc) is 1.56. The molecule has 147 heavy (non-hydrogen) atoms. The summed E-state index contributed by atoms with van der Waals surface area (Å²) in [5, 5.41) is 55.6. The van der Waals surface area contributed by atoms with Crippen molar-refractivity contribution in [2.75, 3.05) is 24.5 Å². The van der Waals surface area contributed by atoms with Gasteiger partial charge in [0.25, 0.3) is 29.5 Å². The Bertz CT molecular complexity index is 8670. The maximum Gasteiger partial charge on any atom is 0.354 e. The number of benzene rings is 8. The minimum Gasteiger partial charge on any atom is -0.477 e. The summed E-state index contributed by atoms with van der Waals surface area (Å²) in [4.78, 5) is 211. The molecule has 10 amide bonds. The van der Waals surface area contributed by atoms with Crippen LogP contribution in [-0.2, 0) is 88.7 Å². The van der Waals surface area contributed by atoms with Crippen LogP contribution in [0.15, 0.2) is 235 Å². The number of thiophene rings is 2. The number of hydrogen-bond donors (Lipinski definition) is 5. The Hall–Kier alpha value is -16.7. The van der Waals surface area contributed by atoms with Gasteiger partial charge in [-0.1, -0.05) is 155 Å². The summed E-state index contributed by atoms with van der Waals surface area (Å²) < 4.78 is 7.57. The predicted molar refractivity (Wildman–Crippen MR) is 553 cm³/mol. The van der Waals surface area contributed by atoms with Gasteiger partial charge in [0.2, 0.25) is 29.5 Å². The van der Waals surface area contributed by atoms with Gasteiger partial charge in [-0.2, -0.15) is 0 Å². The number of fused-ring (bicyclic) bond motifs is 9. The molecule has 23 rings (SSSR count). The highest BCUT2D eigenvalue weighted by Gasteiger charge is 2.47. The van der Waals surface area contributed by atoms with Crippen LogP contribution in [0.3, 0.4) is 0 Å². The number of hydrogen-bond acceptors (Lipinski definition) is 20. The zero-order chi connectivity index (χ0) is 104. The van der Waals surface area contributed by atoms with E-state index in [0.29, 0.717) is 124 Å². The molecular weight excluding hydrogens is 2030 g/mol. The smallest absolute Gasteiger partial charge is 0.354 e. The Morgan fingerprint density at radius 2 is 0.762 bits per heavy atom. The van der Waals surface area contributed by atoms with Gasteiger partial charge in [-0.15, -0.1) is 22.7 Å². The van der Waals surface area contributed by atoms with Gasteiger partial charge in [-0.05, 0) is 169 Å². The second kappa shape index (κ2) is 39.8. The highest BCUT2D eigenvalue weighted by molar-refractivity contribution is 7.13. The minimum absolute atomic E-state index is 0.00436. The van der Waals surface area contributed by atoms with Gasteiger partial charge in [-0.25, -0.2) is 53.5 Å². The van der Waals surface area contributed by atoms with E-state index in [1.165, 1.54) is 67.2 Å². The summed E-state index contributed by atoms with van der Waals surface area (Å²) in [6.45, 7) is 2.41.